The van der Waals surface area contributed by atoms with Crippen LogP contribution in [0.2, 0.25) is 0 Å². The Bertz CT molecular complexity index is 335. The van der Waals surface area contributed by atoms with Crippen molar-refractivity contribution in [2.45, 2.75) is 20.0 Å². The minimum Gasteiger partial charge on any atom is -0.469 e. The van der Waals surface area contributed by atoms with Crippen LogP contribution in [-0.4, -0.2) is 23.2 Å². The zero-order chi connectivity index (χ0) is 11.5. The summed E-state index contributed by atoms with van der Waals surface area (Å²) in [4.78, 5) is 15.4. The lowest BCUT2D eigenvalue weighted by Gasteiger charge is -2.26. The molecule has 4 heteroatoms. The van der Waals surface area contributed by atoms with E-state index in [4.69, 9.17) is 0 Å². The molecule has 1 heterocycles. The SMILES string of the molecule is COC(=O)C(C)(C)[C@H](O)c1ccccn1. The van der Waals surface area contributed by atoms with Gasteiger partial charge in [-0.05, 0) is 26.0 Å². The molecule has 0 unspecified atom stereocenters. The molecule has 0 aliphatic heterocycles. The first-order valence-corrected chi connectivity index (χ1v) is 4.67. The fourth-order valence-corrected chi connectivity index (χ4v) is 1.28. The van der Waals surface area contributed by atoms with Gasteiger partial charge < -0.3 is 9.84 Å². The van der Waals surface area contributed by atoms with Crippen LogP contribution in [0, 0.1) is 5.41 Å². The number of aliphatic hydroxyl groups excluding tert-OH is 1. The van der Waals surface area contributed by atoms with E-state index >= 15 is 0 Å². The monoisotopic (exact) mass is 209 g/mol. The molecule has 1 N–H and O–H groups in total. The first kappa shape index (κ1) is 11.7. The van der Waals surface area contributed by atoms with E-state index in [-0.39, 0.29) is 0 Å². The molecular weight excluding hydrogens is 194 g/mol. The van der Waals surface area contributed by atoms with Crippen molar-refractivity contribution in [2.24, 2.45) is 5.41 Å². The Morgan fingerprint density at radius 1 is 1.53 bits per heavy atom. The number of rotatable bonds is 3. The fourth-order valence-electron chi connectivity index (χ4n) is 1.28. The first-order chi connectivity index (χ1) is 7.00. The Labute approximate surface area is 88.9 Å². The molecule has 82 valence electrons. The molecular formula is C11H15NO3. The smallest absolute Gasteiger partial charge is 0.314 e. The van der Waals surface area contributed by atoms with Crippen molar-refractivity contribution < 1.29 is 14.6 Å². The van der Waals surface area contributed by atoms with E-state index in [1.807, 2.05) is 0 Å². The third-order valence-electron chi connectivity index (χ3n) is 2.36. The minimum atomic E-state index is -0.997. The molecule has 1 atom stereocenters. The third kappa shape index (κ3) is 2.33. The standard InChI is InChI=1S/C11H15NO3/c1-11(2,10(14)15-3)9(13)8-6-4-5-7-12-8/h4-7,9,13H,1-3H3/t9-/m1/s1. The van der Waals surface area contributed by atoms with Gasteiger partial charge in [0, 0.05) is 6.20 Å². The second-order valence-electron chi connectivity index (χ2n) is 3.87. The summed E-state index contributed by atoms with van der Waals surface area (Å²) in [5.41, 5.74) is -0.531. The molecule has 1 aromatic rings. The van der Waals surface area contributed by atoms with E-state index in [0.717, 1.165) is 0 Å². The van der Waals surface area contributed by atoms with Crippen molar-refractivity contribution in [3.63, 3.8) is 0 Å². The average molecular weight is 209 g/mol. The largest absolute Gasteiger partial charge is 0.469 e. The number of pyridine rings is 1. The zero-order valence-corrected chi connectivity index (χ0v) is 9.10. The number of aliphatic hydroxyl groups is 1. The maximum Gasteiger partial charge on any atom is 0.314 e. The number of methoxy groups -OCH3 is 1. The maximum atomic E-state index is 11.4. The summed E-state index contributed by atoms with van der Waals surface area (Å²) in [6.07, 6.45) is 0.609. The van der Waals surface area contributed by atoms with Crippen LogP contribution in [0.1, 0.15) is 25.6 Å². The quantitative estimate of drug-likeness (QED) is 0.762. The highest BCUT2D eigenvalue weighted by molar-refractivity contribution is 5.76. The van der Waals surface area contributed by atoms with E-state index in [1.54, 1.807) is 38.2 Å². The van der Waals surface area contributed by atoms with Crippen molar-refractivity contribution >= 4 is 5.97 Å². The third-order valence-corrected chi connectivity index (χ3v) is 2.36. The van der Waals surface area contributed by atoms with Crippen molar-refractivity contribution in [2.75, 3.05) is 7.11 Å². The van der Waals surface area contributed by atoms with Gasteiger partial charge in [-0.15, -0.1) is 0 Å². The first-order valence-electron chi connectivity index (χ1n) is 4.67. The van der Waals surface area contributed by atoms with Gasteiger partial charge in [0.25, 0.3) is 0 Å². The van der Waals surface area contributed by atoms with Gasteiger partial charge in [0.1, 0.15) is 6.10 Å². The molecule has 0 saturated carbocycles. The molecule has 1 rings (SSSR count). The van der Waals surface area contributed by atoms with Gasteiger partial charge in [-0.1, -0.05) is 6.07 Å². The molecule has 0 bridgehead atoms. The van der Waals surface area contributed by atoms with Gasteiger partial charge in [-0.2, -0.15) is 0 Å². The molecule has 0 aromatic carbocycles. The topological polar surface area (TPSA) is 59.4 Å². The highest BCUT2D eigenvalue weighted by Gasteiger charge is 2.38. The highest BCUT2D eigenvalue weighted by Crippen LogP contribution is 2.33. The molecule has 0 amide bonds. The lowest BCUT2D eigenvalue weighted by molar-refractivity contribution is -0.157. The van der Waals surface area contributed by atoms with Crippen LogP contribution in [0.5, 0.6) is 0 Å². The van der Waals surface area contributed by atoms with Crippen LogP contribution < -0.4 is 0 Å². The summed E-state index contributed by atoms with van der Waals surface area (Å²) < 4.78 is 4.63. The van der Waals surface area contributed by atoms with Crippen LogP contribution in [0.15, 0.2) is 24.4 Å². The Hall–Kier alpha value is -1.42. The number of hydrogen-bond donors (Lipinski definition) is 1. The maximum absolute atomic E-state index is 11.4. The van der Waals surface area contributed by atoms with Crippen molar-refractivity contribution in [3.8, 4) is 0 Å². The Morgan fingerprint density at radius 3 is 2.67 bits per heavy atom. The van der Waals surface area contributed by atoms with Gasteiger partial charge in [-0.3, -0.25) is 9.78 Å². The van der Waals surface area contributed by atoms with E-state index in [9.17, 15) is 9.90 Å². The van der Waals surface area contributed by atoms with Gasteiger partial charge >= 0.3 is 5.97 Å². The van der Waals surface area contributed by atoms with Crippen LogP contribution in [0.25, 0.3) is 0 Å². The van der Waals surface area contributed by atoms with Gasteiger partial charge in [0.2, 0.25) is 0 Å². The number of nitrogens with zero attached hydrogens (tertiary/aromatic N) is 1. The van der Waals surface area contributed by atoms with E-state index < -0.39 is 17.5 Å². The number of hydrogen-bond acceptors (Lipinski definition) is 4. The number of ether oxygens (including phenoxy) is 1. The lowest BCUT2D eigenvalue weighted by Crippen LogP contribution is -2.33. The normalized spacial score (nSPS) is 13.3. The summed E-state index contributed by atoms with van der Waals surface area (Å²) >= 11 is 0. The number of carbonyl (C=O) groups is 1. The Balaban J connectivity index is 2.94. The van der Waals surface area contributed by atoms with Crippen LogP contribution >= 0.6 is 0 Å². The summed E-state index contributed by atoms with van der Waals surface area (Å²) in [5, 5.41) is 9.99. The zero-order valence-electron chi connectivity index (χ0n) is 9.10. The molecule has 0 radical (unpaired) electrons. The van der Waals surface area contributed by atoms with Gasteiger partial charge in [0.05, 0.1) is 18.2 Å². The van der Waals surface area contributed by atoms with Crippen LogP contribution in [-0.2, 0) is 9.53 Å². The molecule has 0 spiro atoms. The van der Waals surface area contributed by atoms with Gasteiger partial charge in [-0.25, -0.2) is 0 Å². The lowest BCUT2D eigenvalue weighted by atomic mass is 9.84. The predicted octanol–water partition coefficient (Wildman–Crippen LogP) is 1.31. The Kier molecular flexibility index (Phi) is 3.42. The summed E-state index contributed by atoms with van der Waals surface area (Å²) in [5.74, 6) is -0.458. The summed E-state index contributed by atoms with van der Waals surface area (Å²) in [6.45, 7) is 3.25. The van der Waals surface area contributed by atoms with Crippen LogP contribution in [0.3, 0.4) is 0 Å². The Morgan fingerprint density at radius 2 is 2.20 bits per heavy atom. The van der Waals surface area contributed by atoms with Crippen molar-refractivity contribution in [1.82, 2.24) is 4.98 Å². The molecule has 4 nitrogen and oxygen atoms in total. The van der Waals surface area contributed by atoms with Gasteiger partial charge in [0.15, 0.2) is 0 Å². The van der Waals surface area contributed by atoms with E-state index in [1.165, 1.54) is 7.11 Å². The average Bonchev–Trinajstić information content (AvgIpc) is 2.28. The molecule has 1 aromatic heterocycles. The van der Waals surface area contributed by atoms with E-state index in [0.29, 0.717) is 5.69 Å². The summed E-state index contributed by atoms with van der Waals surface area (Å²) in [6, 6.07) is 5.19. The van der Waals surface area contributed by atoms with E-state index in [2.05, 4.69) is 9.72 Å². The number of aromatic nitrogens is 1. The summed E-state index contributed by atoms with van der Waals surface area (Å²) in [7, 11) is 1.30. The number of esters is 1. The van der Waals surface area contributed by atoms with Crippen LogP contribution in [0.4, 0.5) is 0 Å². The molecule has 0 saturated heterocycles. The molecule has 0 fully saturated rings. The predicted molar refractivity (Wildman–Crippen MR) is 55.0 cm³/mol. The fraction of sp³-hybridized carbons (Fsp3) is 0.455. The number of carbonyl (C=O) groups excluding carboxylic acids is 1. The highest BCUT2D eigenvalue weighted by atomic mass is 16.5. The molecule has 15 heavy (non-hydrogen) atoms. The minimum absolute atomic E-state index is 0.458. The van der Waals surface area contributed by atoms with Crippen molar-refractivity contribution in [3.05, 3.63) is 30.1 Å². The second kappa shape index (κ2) is 4.40. The molecule has 0 aliphatic rings. The van der Waals surface area contributed by atoms with Crippen molar-refractivity contribution in [1.29, 1.82) is 0 Å². The molecule has 0 aliphatic carbocycles. The second-order valence-corrected chi connectivity index (χ2v) is 3.87.